The molecule has 0 aliphatic carbocycles. The summed E-state index contributed by atoms with van der Waals surface area (Å²) in [5.41, 5.74) is 1.74. The van der Waals surface area contributed by atoms with Crippen LogP contribution < -0.4 is 5.32 Å². The molecule has 0 saturated carbocycles. The Morgan fingerprint density at radius 2 is 2.00 bits per heavy atom. The van der Waals surface area contributed by atoms with E-state index in [1.54, 1.807) is 0 Å². The van der Waals surface area contributed by atoms with Gasteiger partial charge in [-0.1, -0.05) is 6.92 Å². The highest BCUT2D eigenvalue weighted by atomic mass is 16.3. The van der Waals surface area contributed by atoms with E-state index in [4.69, 9.17) is 5.11 Å². The summed E-state index contributed by atoms with van der Waals surface area (Å²) in [5.74, 6) is 0.961. The van der Waals surface area contributed by atoms with Crippen LogP contribution in [-0.4, -0.2) is 33.4 Å². The average Bonchev–Trinajstić information content (AvgIpc) is 2.20. The number of aliphatic hydroxyl groups excluding tert-OH is 1. The summed E-state index contributed by atoms with van der Waals surface area (Å²) in [6.45, 7) is 6.83. The molecule has 1 unspecified atom stereocenters. The zero-order valence-electron chi connectivity index (χ0n) is 9.49. The third kappa shape index (κ3) is 3.79. The van der Waals surface area contributed by atoms with Crippen molar-refractivity contribution in [2.75, 3.05) is 18.5 Å². The average molecular weight is 210 g/mol. The number of rotatable bonds is 5. The first-order valence-corrected chi connectivity index (χ1v) is 5.16. The van der Waals surface area contributed by atoms with Crippen molar-refractivity contribution in [3.63, 3.8) is 0 Å². The molecule has 0 amide bonds. The number of nitrogens with one attached hydrogen (secondary N) is 1. The number of anilines is 1. The summed E-state index contributed by atoms with van der Waals surface area (Å²) >= 11 is 0. The fourth-order valence-electron chi connectivity index (χ4n) is 1.12. The van der Waals surface area contributed by atoms with E-state index in [-0.39, 0.29) is 6.61 Å². The topological polar surface area (TPSA) is 70.9 Å². The molecule has 1 atom stereocenters. The smallest absolute Gasteiger partial charge is 0.242 e. The Bertz CT molecular complexity index is 316. The Hall–Kier alpha value is -1.23. The van der Waals surface area contributed by atoms with Crippen LogP contribution in [-0.2, 0) is 0 Å². The highest BCUT2D eigenvalue weighted by Crippen LogP contribution is 2.05. The second-order valence-corrected chi connectivity index (χ2v) is 3.80. The van der Waals surface area contributed by atoms with Crippen molar-refractivity contribution in [1.29, 1.82) is 0 Å². The second-order valence-electron chi connectivity index (χ2n) is 3.80. The monoisotopic (exact) mass is 210 g/mol. The Morgan fingerprint density at radius 1 is 1.27 bits per heavy atom. The van der Waals surface area contributed by atoms with Crippen LogP contribution in [0.2, 0.25) is 0 Å². The van der Waals surface area contributed by atoms with Crippen LogP contribution in [0, 0.1) is 19.8 Å². The molecular weight excluding hydrogens is 192 g/mol. The maximum absolute atomic E-state index is 8.74. The Kier molecular flexibility index (Phi) is 4.42. The quantitative estimate of drug-likeness (QED) is 0.756. The van der Waals surface area contributed by atoms with Gasteiger partial charge in [0.25, 0.3) is 0 Å². The molecule has 0 aromatic carbocycles. The van der Waals surface area contributed by atoms with Crippen molar-refractivity contribution in [2.24, 2.45) is 5.92 Å². The minimum atomic E-state index is 0.217. The van der Waals surface area contributed by atoms with Gasteiger partial charge in [0, 0.05) is 13.2 Å². The molecule has 0 fully saturated rings. The van der Waals surface area contributed by atoms with Crippen molar-refractivity contribution in [2.45, 2.75) is 27.2 Å². The number of hydrogen-bond acceptors (Lipinski definition) is 5. The standard InChI is InChI=1S/C10H18N4O/c1-7(4-5-15)6-11-10-12-8(2)9(3)13-14-10/h7,15H,4-6H2,1-3H3,(H,11,12,14). The predicted octanol–water partition coefficient (Wildman–Crippen LogP) is 0.919. The molecule has 0 bridgehead atoms. The Labute approximate surface area is 90.0 Å². The van der Waals surface area contributed by atoms with Crippen LogP contribution in [0.4, 0.5) is 5.95 Å². The Balaban J connectivity index is 2.47. The van der Waals surface area contributed by atoms with Crippen molar-refractivity contribution in [3.8, 4) is 0 Å². The van der Waals surface area contributed by atoms with E-state index in [1.807, 2.05) is 13.8 Å². The van der Waals surface area contributed by atoms with E-state index >= 15 is 0 Å². The van der Waals surface area contributed by atoms with Gasteiger partial charge in [-0.25, -0.2) is 4.98 Å². The van der Waals surface area contributed by atoms with Gasteiger partial charge in [-0.2, -0.15) is 5.10 Å². The lowest BCUT2D eigenvalue weighted by Crippen LogP contribution is -2.15. The maximum Gasteiger partial charge on any atom is 0.242 e. The van der Waals surface area contributed by atoms with Crippen molar-refractivity contribution in [3.05, 3.63) is 11.4 Å². The molecule has 0 aliphatic heterocycles. The van der Waals surface area contributed by atoms with Crippen LogP contribution >= 0.6 is 0 Å². The number of nitrogens with zero attached hydrogens (tertiary/aromatic N) is 3. The molecule has 1 rings (SSSR count). The van der Waals surface area contributed by atoms with Gasteiger partial charge in [0.05, 0.1) is 11.4 Å². The molecule has 1 aromatic heterocycles. The molecule has 0 aliphatic rings. The molecular formula is C10H18N4O. The van der Waals surface area contributed by atoms with Crippen LogP contribution in [0.1, 0.15) is 24.7 Å². The van der Waals surface area contributed by atoms with Gasteiger partial charge >= 0.3 is 0 Å². The van der Waals surface area contributed by atoms with E-state index in [0.29, 0.717) is 11.9 Å². The zero-order valence-corrected chi connectivity index (χ0v) is 9.49. The predicted molar refractivity (Wildman–Crippen MR) is 58.7 cm³/mol. The SMILES string of the molecule is Cc1nnc(NCC(C)CCO)nc1C. The lowest BCUT2D eigenvalue weighted by Gasteiger charge is -2.10. The summed E-state index contributed by atoms with van der Waals surface area (Å²) in [6, 6.07) is 0. The fraction of sp³-hybridized carbons (Fsp3) is 0.700. The normalized spacial score (nSPS) is 12.5. The summed E-state index contributed by atoms with van der Waals surface area (Å²) in [6.07, 6.45) is 0.783. The number of aliphatic hydroxyl groups is 1. The maximum atomic E-state index is 8.74. The molecule has 0 saturated heterocycles. The first-order valence-electron chi connectivity index (χ1n) is 5.16. The lowest BCUT2D eigenvalue weighted by molar-refractivity contribution is 0.265. The van der Waals surface area contributed by atoms with Gasteiger partial charge in [-0.3, -0.25) is 0 Å². The van der Waals surface area contributed by atoms with Gasteiger partial charge in [0.2, 0.25) is 5.95 Å². The Morgan fingerprint density at radius 3 is 2.60 bits per heavy atom. The summed E-state index contributed by atoms with van der Waals surface area (Å²) in [4.78, 5) is 4.26. The molecule has 1 heterocycles. The number of aromatic nitrogens is 3. The lowest BCUT2D eigenvalue weighted by atomic mass is 10.1. The molecule has 0 radical (unpaired) electrons. The molecule has 15 heavy (non-hydrogen) atoms. The first-order chi connectivity index (χ1) is 7.13. The van der Waals surface area contributed by atoms with Gasteiger partial charge in [0.1, 0.15) is 0 Å². The summed E-state index contributed by atoms with van der Waals surface area (Å²) in [7, 11) is 0. The molecule has 0 spiro atoms. The van der Waals surface area contributed by atoms with E-state index in [2.05, 4.69) is 27.4 Å². The largest absolute Gasteiger partial charge is 0.396 e. The highest BCUT2D eigenvalue weighted by molar-refractivity contribution is 5.24. The van der Waals surface area contributed by atoms with Crippen LogP contribution in [0.25, 0.3) is 0 Å². The minimum Gasteiger partial charge on any atom is -0.396 e. The van der Waals surface area contributed by atoms with Gasteiger partial charge in [-0.15, -0.1) is 5.10 Å². The summed E-state index contributed by atoms with van der Waals surface area (Å²) < 4.78 is 0. The van der Waals surface area contributed by atoms with Gasteiger partial charge < -0.3 is 10.4 Å². The van der Waals surface area contributed by atoms with E-state index < -0.39 is 0 Å². The third-order valence-electron chi connectivity index (χ3n) is 2.32. The van der Waals surface area contributed by atoms with E-state index in [1.165, 1.54) is 0 Å². The van der Waals surface area contributed by atoms with E-state index in [9.17, 15) is 0 Å². The zero-order chi connectivity index (χ0) is 11.3. The van der Waals surface area contributed by atoms with Gasteiger partial charge in [0.15, 0.2) is 0 Å². The first kappa shape index (κ1) is 11.8. The van der Waals surface area contributed by atoms with Crippen molar-refractivity contribution >= 4 is 5.95 Å². The van der Waals surface area contributed by atoms with Gasteiger partial charge in [-0.05, 0) is 26.2 Å². The second kappa shape index (κ2) is 5.60. The number of hydrogen-bond donors (Lipinski definition) is 2. The van der Waals surface area contributed by atoms with Crippen LogP contribution in [0.3, 0.4) is 0 Å². The minimum absolute atomic E-state index is 0.217. The van der Waals surface area contributed by atoms with Crippen LogP contribution in [0.5, 0.6) is 0 Å². The third-order valence-corrected chi connectivity index (χ3v) is 2.32. The summed E-state index contributed by atoms with van der Waals surface area (Å²) in [5, 5.41) is 19.8. The fourth-order valence-corrected chi connectivity index (χ4v) is 1.12. The molecule has 5 nitrogen and oxygen atoms in total. The van der Waals surface area contributed by atoms with Crippen molar-refractivity contribution in [1.82, 2.24) is 15.2 Å². The molecule has 2 N–H and O–H groups in total. The number of aryl methyl sites for hydroxylation is 2. The van der Waals surface area contributed by atoms with E-state index in [0.717, 1.165) is 24.4 Å². The molecule has 1 aromatic rings. The molecule has 5 heteroatoms. The molecule has 84 valence electrons. The van der Waals surface area contributed by atoms with Crippen molar-refractivity contribution < 1.29 is 5.11 Å². The van der Waals surface area contributed by atoms with Crippen LogP contribution in [0.15, 0.2) is 0 Å². The highest BCUT2D eigenvalue weighted by Gasteiger charge is 2.04.